The minimum atomic E-state index is 0.747. The number of fused-ring (bicyclic) bond motifs is 1. The molecule has 0 radical (unpaired) electrons. The lowest BCUT2D eigenvalue weighted by Crippen LogP contribution is -2.13. The van der Waals surface area contributed by atoms with Crippen molar-refractivity contribution in [2.75, 3.05) is 6.54 Å². The Morgan fingerprint density at radius 2 is 2.14 bits per heavy atom. The van der Waals surface area contributed by atoms with E-state index in [1.165, 1.54) is 10.9 Å². The quantitative estimate of drug-likeness (QED) is 0.704. The number of hydrogen-bond donors (Lipinski definition) is 1. The fourth-order valence-electron chi connectivity index (χ4n) is 2.53. The van der Waals surface area contributed by atoms with Crippen molar-refractivity contribution in [2.45, 2.75) is 33.4 Å². The molecule has 4 heteroatoms. The molecule has 1 aromatic carbocycles. The zero-order chi connectivity index (χ0) is 14.7. The van der Waals surface area contributed by atoms with Gasteiger partial charge in [-0.1, -0.05) is 25.1 Å². The lowest BCUT2D eigenvalue weighted by Gasteiger charge is -2.02. The average molecular weight is 283 g/mol. The van der Waals surface area contributed by atoms with Gasteiger partial charge in [0.25, 0.3) is 0 Å². The van der Waals surface area contributed by atoms with E-state index < -0.39 is 0 Å². The number of nitrogens with zero attached hydrogens (tertiary/aromatic N) is 2. The molecule has 21 heavy (non-hydrogen) atoms. The van der Waals surface area contributed by atoms with Crippen LogP contribution < -0.4 is 5.32 Å². The molecule has 110 valence electrons. The zero-order valence-electron chi connectivity index (χ0n) is 12.6. The van der Waals surface area contributed by atoms with E-state index in [0.717, 1.165) is 43.1 Å². The first-order valence-electron chi connectivity index (χ1n) is 7.47. The summed E-state index contributed by atoms with van der Waals surface area (Å²) in [4.78, 5) is 0. The number of nitrogens with one attached hydrogen (secondary N) is 1. The molecule has 0 atom stereocenters. The van der Waals surface area contributed by atoms with Crippen LogP contribution in [0.2, 0.25) is 0 Å². The predicted octanol–water partition coefficient (Wildman–Crippen LogP) is 3.49. The maximum absolute atomic E-state index is 5.82. The maximum Gasteiger partial charge on any atom is 0.118 e. The lowest BCUT2D eigenvalue weighted by molar-refractivity contribution is 0.459. The van der Waals surface area contributed by atoms with Gasteiger partial charge in [-0.05, 0) is 32.0 Å². The molecule has 0 spiro atoms. The van der Waals surface area contributed by atoms with Crippen molar-refractivity contribution >= 4 is 10.9 Å². The molecule has 3 rings (SSSR count). The average Bonchev–Trinajstić information content (AvgIpc) is 3.05. The van der Waals surface area contributed by atoms with E-state index in [1.807, 2.05) is 29.9 Å². The number of benzene rings is 1. The van der Waals surface area contributed by atoms with Gasteiger partial charge in [-0.2, -0.15) is 5.10 Å². The van der Waals surface area contributed by atoms with Gasteiger partial charge < -0.3 is 9.73 Å². The Kier molecular flexibility index (Phi) is 4.06. The Hall–Kier alpha value is -2.07. The third-order valence-electron chi connectivity index (χ3n) is 3.67. The number of furan rings is 1. The van der Waals surface area contributed by atoms with Crippen LogP contribution in [0.3, 0.4) is 0 Å². The fraction of sp³-hybridized carbons (Fsp3) is 0.353. The van der Waals surface area contributed by atoms with E-state index in [1.54, 1.807) is 0 Å². The summed E-state index contributed by atoms with van der Waals surface area (Å²) >= 11 is 0. The molecule has 1 N–H and O–H groups in total. The third kappa shape index (κ3) is 3.00. The van der Waals surface area contributed by atoms with E-state index in [0.29, 0.717) is 0 Å². The topological polar surface area (TPSA) is 43.0 Å². The largest absolute Gasteiger partial charge is 0.465 e. The molecule has 0 aliphatic heterocycles. The van der Waals surface area contributed by atoms with Crippen LogP contribution in [0, 0.1) is 6.92 Å². The third-order valence-corrected chi connectivity index (χ3v) is 3.67. The molecule has 2 aromatic heterocycles. The summed E-state index contributed by atoms with van der Waals surface area (Å²) in [5.41, 5.74) is 2.35. The standard InChI is InChI=1S/C17H21N3O/c1-3-8-18-11-16-9-15(13(2)21-16)12-20-17-7-5-4-6-14(17)10-19-20/h4-7,9-10,18H,3,8,11-12H2,1-2H3. The van der Waals surface area contributed by atoms with Crippen molar-refractivity contribution in [1.82, 2.24) is 15.1 Å². The summed E-state index contributed by atoms with van der Waals surface area (Å²) in [6, 6.07) is 10.4. The molecule has 0 fully saturated rings. The highest BCUT2D eigenvalue weighted by molar-refractivity contribution is 5.78. The number of hydrogen-bond acceptors (Lipinski definition) is 3. The van der Waals surface area contributed by atoms with Gasteiger partial charge in [-0.15, -0.1) is 0 Å². The first-order valence-corrected chi connectivity index (χ1v) is 7.47. The summed E-state index contributed by atoms with van der Waals surface area (Å²) in [6.45, 7) is 6.73. The van der Waals surface area contributed by atoms with Gasteiger partial charge in [0.05, 0.1) is 24.8 Å². The molecule has 0 aliphatic rings. The Labute approximate surface area is 124 Å². The highest BCUT2D eigenvalue weighted by Gasteiger charge is 2.10. The zero-order valence-corrected chi connectivity index (χ0v) is 12.6. The normalized spacial score (nSPS) is 11.3. The predicted molar refractivity (Wildman–Crippen MR) is 84.3 cm³/mol. The van der Waals surface area contributed by atoms with Gasteiger partial charge in [0.2, 0.25) is 0 Å². The Bertz CT molecular complexity index is 727. The minimum Gasteiger partial charge on any atom is -0.465 e. The second-order valence-corrected chi connectivity index (χ2v) is 5.33. The van der Waals surface area contributed by atoms with Gasteiger partial charge in [0.1, 0.15) is 11.5 Å². The van der Waals surface area contributed by atoms with E-state index in [9.17, 15) is 0 Å². The van der Waals surface area contributed by atoms with Gasteiger partial charge >= 0.3 is 0 Å². The molecule has 0 aliphatic carbocycles. The van der Waals surface area contributed by atoms with Crippen LogP contribution in [0.1, 0.15) is 30.4 Å². The van der Waals surface area contributed by atoms with E-state index in [-0.39, 0.29) is 0 Å². The van der Waals surface area contributed by atoms with Crippen LogP contribution in [0.4, 0.5) is 0 Å². The first-order chi connectivity index (χ1) is 10.3. The van der Waals surface area contributed by atoms with Crippen molar-refractivity contribution in [3.63, 3.8) is 0 Å². The van der Waals surface area contributed by atoms with Gasteiger partial charge in [-0.3, -0.25) is 4.68 Å². The monoisotopic (exact) mass is 283 g/mol. The van der Waals surface area contributed by atoms with Crippen LogP contribution in [0.25, 0.3) is 10.9 Å². The first kappa shape index (κ1) is 13.9. The summed E-state index contributed by atoms with van der Waals surface area (Å²) in [5, 5.41) is 9.01. The highest BCUT2D eigenvalue weighted by Crippen LogP contribution is 2.19. The summed E-state index contributed by atoms with van der Waals surface area (Å²) in [5.74, 6) is 1.97. The number of rotatable bonds is 6. The molecule has 3 aromatic rings. The Morgan fingerprint density at radius 3 is 3.00 bits per heavy atom. The van der Waals surface area contributed by atoms with Crippen LogP contribution in [0.5, 0.6) is 0 Å². The molecule has 0 saturated heterocycles. The van der Waals surface area contributed by atoms with Crippen molar-refractivity contribution in [3.8, 4) is 0 Å². The lowest BCUT2D eigenvalue weighted by atomic mass is 10.2. The Balaban J connectivity index is 1.78. The van der Waals surface area contributed by atoms with Gasteiger partial charge in [0.15, 0.2) is 0 Å². The van der Waals surface area contributed by atoms with Crippen LogP contribution >= 0.6 is 0 Å². The van der Waals surface area contributed by atoms with Crippen molar-refractivity contribution < 1.29 is 4.42 Å². The molecule has 4 nitrogen and oxygen atoms in total. The molecular weight excluding hydrogens is 262 g/mol. The van der Waals surface area contributed by atoms with E-state index in [2.05, 4.69) is 35.5 Å². The highest BCUT2D eigenvalue weighted by atomic mass is 16.3. The molecular formula is C17H21N3O. The molecule has 0 saturated carbocycles. The Morgan fingerprint density at radius 1 is 1.29 bits per heavy atom. The summed E-state index contributed by atoms with van der Waals surface area (Å²) in [6.07, 6.45) is 3.04. The van der Waals surface area contributed by atoms with Gasteiger partial charge in [0, 0.05) is 10.9 Å². The molecule has 2 heterocycles. The van der Waals surface area contributed by atoms with Gasteiger partial charge in [-0.25, -0.2) is 0 Å². The second-order valence-electron chi connectivity index (χ2n) is 5.33. The number of aryl methyl sites for hydroxylation is 1. The smallest absolute Gasteiger partial charge is 0.118 e. The summed E-state index contributed by atoms with van der Waals surface area (Å²) < 4.78 is 7.84. The number of para-hydroxylation sites is 1. The van der Waals surface area contributed by atoms with Crippen LogP contribution in [-0.2, 0) is 13.1 Å². The molecule has 0 unspecified atom stereocenters. The van der Waals surface area contributed by atoms with Crippen molar-refractivity contribution in [3.05, 3.63) is 53.6 Å². The maximum atomic E-state index is 5.82. The minimum absolute atomic E-state index is 0.747. The van der Waals surface area contributed by atoms with Crippen LogP contribution in [-0.4, -0.2) is 16.3 Å². The van der Waals surface area contributed by atoms with E-state index in [4.69, 9.17) is 4.42 Å². The second kappa shape index (κ2) is 6.14. The van der Waals surface area contributed by atoms with E-state index >= 15 is 0 Å². The van der Waals surface area contributed by atoms with Crippen LogP contribution in [0.15, 0.2) is 40.9 Å². The molecule has 0 bridgehead atoms. The summed E-state index contributed by atoms with van der Waals surface area (Å²) in [7, 11) is 0. The fourth-order valence-corrected chi connectivity index (χ4v) is 2.53. The molecule has 0 amide bonds. The van der Waals surface area contributed by atoms with Crippen molar-refractivity contribution in [2.24, 2.45) is 0 Å². The number of aromatic nitrogens is 2. The van der Waals surface area contributed by atoms with Crippen molar-refractivity contribution in [1.29, 1.82) is 0 Å². The SMILES string of the molecule is CCCNCc1cc(Cn2ncc3ccccc32)c(C)o1.